The number of rotatable bonds is 41. The Kier molecular flexibility index (Phi) is 36.2. The molecule has 10 heteroatoms. The maximum absolute atomic E-state index is 10.9. The third-order valence-corrected chi connectivity index (χ3v) is 9.36. The first-order valence-electron chi connectivity index (χ1n) is 19.8. The van der Waals surface area contributed by atoms with Gasteiger partial charge in [0, 0.05) is 32.3 Å². The molecule has 48 heavy (non-hydrogen) atoms. The largest absolute Gasteiger partial charge is 0.397 e. The van der Waals surface area contributed by atoms with Crippen molar-refractivity contribution in [2.45, 2.75) is 168 Å². The highest BCUT2D eigenvalue weighted by Crippen LogP contribution is 2.28. The van der Waals surface area contributed by atoms with Gasteiger partial charge >= 0.3 is 10.4 Å². The number of hydrogen-bond donors (Lipinski definition) is 1. The van der Waals surface area contributed by atoms with E-state index in [4.69, 9.17) is 28.2 Å². The second-order valence-corrected chi connectivity index (χ2v) is 14.8. The number of hydrogen-bond acceptors (Lipinski definition) is 8. The molecule has 1 N–H and O–H groups in total. The summed E-state index contributed by atoms with van der Waals surface area (Å²) < 4.78 is 64.3. The van der Waals surface area contributed by atoms with Gasteiger partial charge in [0.05, 0.1) is 46.2 Å². The van der Waals surface area contributed by atoms with E-state index >= 15 is 0 Å². The van der Waals surface area contributed by atoms with Crippen molar-refractivity contribution in [3.63, 3.8) is 0 Å². The normalized spacial score (nSPS) is 13.3. The second kappa shape index (κ2) is 36.5. The van der Waals surface area contributed by atoms with Gasteiger partial charge in [0.25, 0.3) is 0 Å². The van der Waals surface area contributed by atoms with E-state index in [9.17, 15) is 8.42 Å². The van der Waals surface area contributed by atoms with Crippen molar-refractivity contribution in [2.75, 3.05) is 73.2 Å². The van der Waals surface area contributed by atoms with Gasteiger partial charge in [0.15, 0.2) is 0 Å². The molecular weight excluding hydrogens is 632 g/mol. The summed E-state index contributed by atoms with van der Waals surface area (Å²) >= 11 is 0. The second-order valence-electron chi connectivity index (χ2n) is 13.7. The van der Waals surface area contributed by atoms with Crippen molar-refractivity contribution in [3.05, 3.63) is 0 Å². The van der Waals surface area contributed by atoms with Gasteiger partial charge in [-0.05, 0) is 25.7 Å². The first kappa shape index (κ1) is 47.7. The molecule has 0 aliphatic carbocycles. The molecule has 0 aromatic carbocycles. The summed E-state index contributed by atoms with van der Waals surface area (Å²) in [5, 5.41) is 0. The maximum atomic E-state index is 10.9. The molecule has 0 heterocycles. The monoisotopic (exact) mass is 711 g/mol. The smallest absolute Gasteiger partial charge is 0.382 e. The Labute approximate surface area is 297 Å². The molecule has 0 rings (SSSR count). The van der Waals surface area contributed by atoms with E-state index in [1.165, 1.54) is 122 Å². The highest BCUT2D eigenvalue weighted by atomic mass is 32.3. The zero-order chi connectivity index (χ0) is 35.3. The average molecular weight is 711 g/mol. The van der Waals surface area contributed by atoms with E-state index in [1.807, 2.05) is 0 Å². The lowest BCUT2D eigenvalue weighted by atomic mass is 9.84. The number of methoxy groups -OCH3 is 1. The fraction of sp³-hybridized carbons (Fsp3) is 1.00. The summed E-state index contributed by atoms with van der Waals surface area (Å²) in [5.41, 5.74) is -0.353. The number of unbranched alkanes of at least 4 members (excludes halogenated alkanes) is 20. The summed E-state index contributed by atoms with van der Waals surface area (Å²) in [4.78, 5) is 0. The Bertz CT molecular complexity index is 704. The van der Waals surface area contributed by atoms with Crippen LogP contribution in [0.15, 0.2) is 0 Å². The molecule has 290 valence electrons. The molecule has 0 unspecified atom stereocenters. The quantitative estimate of drug-likeness (QED) is 0.0490. The van der Waals surface area contributed by atoms with Crippen molar-refractivity contribution in [1.82, 2.24) is 0 Å². The third-order valence-electron chi connectivity index (χ3n) is 8.90. The molecule has 0 saturated heterocycles. The Hall–Kier alpha value is -0.330. The molecule has 1 atom stereocenters. The Morgan fingerprint density at radius 1 is 0.438 bits per heavy atom. The SMILES string of the molecule is CCCCCCCCCCCCCCOC[C@@](CCCCCCCCOCCCCCCC)(COCCOC)COCCOS(=O)(=O)O. The van der Waals surface area contributed by atoms with Gasteiger partial charge in [-0.1, -0.05) is 142 Å². The van der Waals surface area contributed by atoms with Crippen molar-refractivity contribution in [1.29, 1.82) is 0 Å². The molecule has 0 spiro atoms. The molecule has 0 bridgehead atoms. The lowest BCUT2D eigenvalue weighted by Crippen LogP contribution is -2.38. The summed E-state index contributed by atoms with van der Waals surface area (Å²) in [6, 6.07) is 0. The van der Waals surface area contributed by atoms with Crippen LogP contribution >= 0.6 is 0 Å². The minimum Gasteiger partial charge on any atom is -0.382 e. The van der Waals surface area contributed by atoms with Gasteiger partial charge in [-0.15, -0.1) is 0 Å². The molecule has 0 aliphatic rings. The fourth-order valence-corrected chi connectivity index (χ4v) is 6.19. The predicted octanol–water partition coefficient (Wildman–Crippen LogP) is 9.91. The first-order chi connectivity index (χ1) is 23.4. The van der Waals surface area contributed by atoms with Crippen LogP contribution in [0, 0.1) is 5.41 Å². The molecule has 0 saturated carbocycles. The molecule has 0 fully saturated rings. The van der Waals surface area contributed by atoms with Crippen molar-refractivity contribution in [2.24, 2.45) is 5.41 Å². The molecule has 0 aromatic heterocycles. The predicted molar refractivity (Wildman–Crippen MR) is 197 cm³/mol. The van der Waals surface area contributed by atoms with Crippen LogP contribution in [-0.2, 0) is 38.3 Å². The van der Waals surface area contributed by atoms with Crippen LogP contribution in [0.3, 0.4) is 0 Å². The fourth-order valence-electron chi connectivity index (χ4n) is 5.91. The number of ether oxygens (including phenoxy) is 5. The minimum atomic E-state index is -4.49. The Balaban J connectivity index is 4.55. The van der Waals surface area contributed by atoms with Crippen molar-refractivity contribution < 1.29 is 40.8 Å². The molecular formula is C38H78O9S. The van der Waals surface area contributed by atoms with E-state index in [1.54, 1.807) is 7.11 Å². The van der Waals surface area contributed by atoms with Gasteiger partial charge in [-0.3, -0.25) is 4.55 Å². The van der Waals surface area contributed by atoms with Crippen LogP contribution in [0.4, 0.5) is 0 Å². The summed E-state index contributed by atoms with van der Waals surface area (Å²) in [5.74, 6) is 0. The Morgan fingerprint density at radius 3 is 1.21 bits per heavy atom. The standard InChI is InChI=1S/C38H78O9S/c1-4-6-8-10-11-12-13-14-15-17-22-26-30-44-35-38(36-45-32-31-42-3,37-46-33-34-47-48(39,40)41)27-23-19-16-18-21-25-29-43-28-24-20-9-7-5-2/h4-37H2,1-3H3,(H,39,40,41)/t38-/m0/s1. The highest BCUT2D eigenvalue weighted by molar-refractivity contribution is 7.80. The molecule has 9 nitrogen and oxygen atoms in total. The van der Waals surface area contributed by atoms with Crippen LogP contribution in [-0.4, -0.2) is 86.1 Å². The van der Waals surface area contributed by atoms with Crippen molar-refractivity contribution >= 4 is 10.4 Å². The van der Waals surface area contributed by atoms with Crippen LogP contribution in [0.1, 0.15) is 168 Å². The molecule has 0 radical (unpaired) electrons. The van der Waals surface area contributed by atoms with Gasteiger partial charge in [0.2, 0.25) is 0 Å². The van der Waals surface area contributed by atoms with Crippen LogP contribution in [0.5, 0.6) is 0 Å². The zero-order valence-electron chi connectivity index (χ0n) is 31.7. The maximum Gasteiger partial charge on any atom is 0.397 e. The third kappa shape index (κ3) is 35.5. The van der Waals surface area contributed by atoms with E-state index in [2.05, 4.69) is 18.0 Å². The van der Waals surface area contributed by atoms with Crippen molar-refractivity contribution in [3.8, 4) is 0 Å². The average Bonchev–Trinajstić information content (AvgIpc) is 3.06. The van der Waals surface area contributed by atoms with Gasteiger partial charge in [0.1, 0.15) is 0 Å². The lowest BCUT2D eigenvalue weighted by Gasteiger charge is -2.33. The van der Waals surface area contributed by atoms with Gasteiger partial charge < -0.3 is 23.7 Å². The van der Waals surface area contributed by atoms with E-state index in [0.717, 1.165) is 45.3 Å². The van der Waals surface area contributed by atoms with Gasteiger partial charge in [-0.25, -0.2) is 4.18 Å². The molecule has 0 aliphatic heterocycles. The summed E-state index contributed by atoms with van der Waals surface area (Å²) in [6.07, 6.45) is 29.8. The lowest BCUT2D eigenvalue weighted by molar-refractivity contribution is -0.0825. The van der Waals surface area contributed by atoms with E-state index in [0.29, 0.717) is 39.6 Å². The van der Waals surface area contributed by atoms with Crippen LogP contribution in [0.25, 0.3) is 0 Å². The van der Waals surface area contributed by atoms with Crippen LogP contribution in [0.2, 0.25) is 0 Å². The van der Waals surface area contributed by atoms with Crippen LogP contribution < -0.4 is 0 Å². The first-order valence-corrected chi connectivity index (χ1v) is 21.2. The zero-order valence-corrected chi connectivity index (χ0v) is 32.5. The Morgan fingerprint density at radius 2 is 0.792 bits per heavy atom. The van der Waals surface area contributed by atoms with E-state index < -0.39 is 10.4 Å². The topological polar surface area (TPSA) is 110 Å². The van der Waals surface area contributed by atoms with E-state index in [-0.39, 0.29) is 18.6 Å². The minimum absolute atomic E-state index is 0.0547. The molecule has 0 aromatic rings. The summed E-state index contributed by atoms with van der Waals surface area (Å²) in [6.45, 7) is 9.17. The summed E-state index contributed by atoms with van der Waals surface area (Å²) in [7, 11) is -2.83. The van der Waals surface area contributed by atoms with Gasteiger partial charge in [-0.2, -0.15) is 8.42 Å². The molecule has 0 amide bonds. The highest BCUT2D eigenvalue weighted by Gasteiger charge is 2.31.